The van der Waals surface area contributed by atoms with Crippen LogP contribution in [-0.4, -0.2) is 19.1 Å². The molecule has 0 amide bonds. The van der Waals surface area contributed by atoms with E-state index < -0.39 is 26.5 Å². The number of hydrogen-bond donors (Lipinski definition) is 1. The lowest BCUT2D eigenvalue weighted by molar-refractivity contribution is -0.385. The first-order valence-corrected chi connectivity index (χ1v) is 5.95. The molecule has 1 aromatic rings. The van der Waals surface area contributed by atoms with E-state index in [1.165, 1.54) is 6.92 Å². The highest BCUT2D eigenvalue weighted by Gasteiger charge is 2.13. The van der Waals surface area contributed by atoms with Crippen LogP contribution in [0.25, 0.3) is 0 Å². The second-order valence-electron chi connectivity index (χ2n) is 2.96. The van der Waals surface area contributed by atoms with Gasteiger partial charge in [-0.3, -0.25) is 14.8 Å². The van der Waals surface area contributed by atoms with Gasteiger partial charge in [0.05, 0.1) is 22.4 Å². The Morgan fingerprint density at radius 2 is 2.06 bits per heavy atom. The van der Waals surface area contributed by atoms with E-state index in [2.05, 4.69) is 0 Å². The van der Waals surface area contributed by atoms with Gasteiger partial charge in [-0.25, -0.2) is 12.8 Å². The minimum absolute atomic E-state index is 0.159. The fraction of sp³-hybridized carbons (Fsp3) is 0.250. The van der Waals surface area contributed by atoms with Crippen LogP contribution in [0.2, 0.25) is 0 Å². The third kappa shape index (κ3) is 3.16. The Kier molecular flexibility index (Phi) is 3.43. The van der Waals surface area contributed by atoms with Crippen molar-refractivity contribution in [1.29, 1.82) is 0 Å². The van der Waals surface area contributed by atoms with E-state index in [1.54, 1.807) is 0 Å². The van der Waals surface area contributed by atoms with E-state index in [4.69, 9.17) is 0 Å². The zero-order chi connectivity index (χ0) is 12.3. The van der Waals surface area contributed by atoms with Crippen molar-refractivity contribution in [2.24, 2.45) is 0 Å². The van der Waals surface area contributed by atoms with Gasteiger partial charge >= 0.3 is 0 Å². The zero-order valence-corrected chi connectivity index (χ0v) is 9.12. The fourth-order valence-corrected chi connectivity index (χ4v) is 1.61. The van der Waals surface area contributed by atoms with Crippen LogP contribution in [0.1, 0.15) is 6.92 Å². The summed E-state index contributed by atoms with van der Waals surface area (Å²) in [5, 5.41) is 10.4. The first-order valence-electron chi connectivity index (χ1n) is 4.29. The Hall–Kier alpha value is -1.70. The monoisotopic (exact) mass is 248 g/mol. The Morgan fingerprint density at radius 1 is 1.44 bits per heavy atom. The van der Waals surface area contributed by atoms with Gasteiger partial charge in [0.15, 0.2) is 0 Å². The molecule has 0 spiro atoms. The van der Waals surface area contributed by atoms with Gasteiger partial charge in [0, 0.05) is 6.07 Å². The van der Waals surface area contributed by atoms with Crippen LogP contribution in [0.4, 0.5) is 15.8 Å². The lowest BCUT2D eigenvalue weighted by atomic mass is 10.3. The summed E-state index contributed by atoms with van der Waals surface area (Å²) < 4.78 is 37.3. The normalized spacial score (nSPS) is 11.1. The van der Waals surface area contributed by atoms with Crippen molar-refractivity contribution in [1.82, 2.24) is 0 Å². The lowest BCUT2D eigenvalue weighted by Crippen LogP contribution is -2.14. The van der Waals surface area contributed by atoms with Gasteiger partial charge in [0.2, 0.25) is 10.0 Å². The first-order chi connectivity index (χ1) is 7.34. The third-order valence-corrected chi connectivity index (χ3v) is 3.05. The van der Waals surface area contributed by atoms with Gasteiger partial charge in [-0.2, -0.15) is 0 Å². The summed E-state index contributed by atoms with van der Waals surface area (Å²) in [5.74, 6) is -1.07. The van der Waals surface area contributed by atoms with Gasteiger partial charge < -0.3 is 0 Å². The number of anilines is 1. The highest BCUT2D eigenvalue weighted by atomic mass is 32.2. The SMILES string of the molecule is CCS(=O)(=O)Nc1cc(F)cc([N+](=O)[O-])c1. The second kappa shape index (κ2) is 4.44. The molecular formula is C8H9FN2O4S. The Labute approximate surface area is 91.3 Å². The predicted molar refractivity (Wildman–Crippen MR) is 56.1 cm³/mol. The van der Waals surface area contributed by atoms with Crippen LogP contribution in [0, 0.1) is 15.9 Å². The summed E-state index contributed by atoms with van der Waals surface area (Å²) >= 11 is 0. The Morgan fingerprint density at radius 3 is 2.56 bits per heavy atom. The van der Waals surface area contributed by atoms with Crippen LogP contribution in [0.5, 0.6) is 0 Å². The predicted octanol–water partition coefficient (Wildman–Crippen LogP) is 1.50. The van der Waals surface area contributed by atoms with Crippen molar-refractivity contribution in [2.75, 3.05) is 10.5 Å². The average Bonchev–Trinajstić information content (AvgIpc) is 2.16. The molecule has 1 N–H and O–H groups in total. The van der Waals surface area contributed by atoms with E-state index in [9.17, 15) is 22.9 Å². The van der Waals surface area contributed by atoms with E-state index in [0.29, 0.717) is 6.07 Å². The number of halogens is 1. The molecular weight excluding hydrogens is 239 g/mol. The van der Waals surface area contributed by atoms with Gasteiger partial charge in [-0.05, 0) is 13.0 Å². The first kappa shape index (κ1) is 12.4. The van der Waals surface area contributed by atoms with E-state index in [0.717, 1.165) is 12.1 Å². The smallest absolute Gasteiger partial charge is 0.274 e. The number of nitrogens with one attached hydrogen (secondary N) is 1. The van der Waals surface area contributed by atoms with Gasteiger partial charge in [0.25, 0.3) is 5.69 Å². The number of rotatable bonds is 4. The standard InChI is InChI=1S/C8H9FN2O4S/c1-2-16(14,15)10-7-3-6(9)4-8(5-7)11(12)13/h3-5,10H,2H2,1H3. The van der Waals surface area contributed by atoms with Crippen LogP contribution in [-0.2, 0) is 10.0 Å². The van der Waals surface area contributed by atoms with Gasteiger partial charge in [-0.1, -0.05) is 0 Å². The number of non-ortho nitro benzene ring substituents is 1. The van der Waals surface area contributed by atoms with Crippen LogP contribution < -0.4 is 4.72 Å². The average molecular weight is 248 g/mol. The number of sulfonamides is 1. The number of nitro benzene ring substituents is 1. The summed E-state index contributed by atoms with van der Waals surface area (Å²) in [6, 6.07) is 2.54. The topological polar surface area (TPSA) is 89.3 Å². The molecule has 0 saturated heterocycles. The maximum Gasteiger partial charge on any atom is 0.274 e. The molecule has 6 nitrogen and oxygen atoms in total. The molecule has 0 heterocycles. The van der Waals surface area contributed by atoms with E-state index in [-0.39, 0.29) is 11.4 Å². The third-order valence-electron chi connectivity index (χ3n) is 1.75. The van der Waals surface area contributed by atoms with E-state index in [1.807, 2.05) is 4.72 Å². The molecule has 0 saturated carbocycles. The minimum atomic E-state index is -3.57. The van der Waals surface area contributed by atoms with Crippen molar-refractivity contribution >= 4 is 21.4 Å². The number of hydrogen-bond acceptors (Lipinski definition) is 4. The molecule has 88 valence electrons. The van der Waals surface area contributed by atoms with Crippen molar-refractivity contribution in [3.05, 3.63) is 34.1 Å². The molecule has 0 atom stereocenters. The molecule has 0 unspecified atom stereocenters. The second-order valence-corrected chi connectivity index (χ2v) is 4.97. The molecule has 0 aliphatic rings. The number of nitrogens with zero attached hydrogens (tertiary/aromatic N) is 1. The van der Waals surface area contributed by atoms with Gasteiger partial charge in [0.1, 0.15) is 5.82 Å². The Balaban J connectivity index is 3.11. The van der Waals surface area contributed by atoms with Gasteiger partial charge in [-0.15, -0.1) is 0 Å². The highest BCUT2D eigenvalue weighted by molar-refractivity contribution is 7.92. The molecule has 0 aliphatic heterocycles. The van der Waals surface area contributed by atoms with Crippen LogP contribution in [0.15, 0.2) is 18.2 Å². The quantitative estimate of drug-likeness (QED) is 0.645. The lowest BCUT2D eigenvalue weighted by Gasteiger charge is -2.05. The van der Waals surface area contributed by atoms with Crippen LogP contribution >= 0.6 is 0 Å². The van der Waals surface area contributed by atoms with Crippen molar-refractivity contribution < 1.29 is 17.7 Å². The van der Waals surface area contributed by atoms with Crippen molar-refractivity contribution in [3.8, 4) is 0 Å². The zero-order valence-electron chi connectivity index (χ0n) is 8.31. The maximum absolute atomic E-state index is 12.9. The fourth-order valence-electron chi connectivity index (χ4n) is 0.990. The summed E-state index contributed by atoms with van der Waals surface area (Å²) in [6.45, 7) is 1.40. The molecule has 8 heteroatoms. The summed E-state index contributed by atoms with van der Waals surface area (Å²) in [6.07, 6.45) is 0. The summed E-state index contributed by atoms with van der Waals surface area (Å²) in [7, 11) is -3.57. The number of nitro groups is 1. The highest BCUT2D eigenvalue weighted by Crippen LogP contribution is 2.20. The largest absolute Gasteiger partial charge is 0.283 e. The van der Waals surface area contributed by atoms with Crippen LogP contribution in [0.3, 0.4) is 0 Å². The molecule has 16 heavy (non-hydrogen) atoms. The molecule has 0 aromatic heterocycles. The Bertz CT molecular complexity index is 515. The molecule has 0 bridgehead atoms. The molecule has 1 aromatic carbocycles. The van der Waals surface area contributed by atoms with Crippen molar-refractivity contribution in [2.45, 2.75) is 6.92 Å². The minimum Gasteiger partial charge on any atom is -0.283 e. The molecule has 0 radical (unpaired) electrons. The van der Waals surface area contributed by atoms with Crippen molar-refractivity contribution in [3.63, 3.8) is 0 Å². The number of benzene rings is 1. The summed E-state index contributed by atoms with van der Waals surface area (Å²) in [4.78, 5) is 9.60. The maximum atomic E-state index is 12.9. The molecule has 0 aliphatic carbocycles. The van der Waals surface area contributed by atoms with E-state index >= 15 is 0 Å². The summed E-state index contributed by atoms with van der Waals surface area (Å²) in [5.41, 5.74) is -0.664. The molecule has 0 fully saturated rings. The molecule has 1 rings (SSSR count).